The molecule has 2 rings (SSSR count). The fraction of sp³-hybridized carbons (Fsp3) is 0.765. The van der Waals surface area contributed by atoms with E-state index in [4.69, 9.17) is 4.42 Å². The standard InChI is InChI=1S/C17H30N2O/c1-4-18-11-17-14(2)10-16(20-17)13-19(3)12-15-8-6-5-7-9-15/h10,15,18H,4-9,11-13H2,1-3H3. The minimum Gasteiger partial charge on any atom is -0.463 e. The molecule has 1 saturated carbocycles. The van der Waals surface area contributed by atoms with E-state index in [-0.39, 0.29) is 0 Å². The van der Waals surface area contributed by atoms with Crippen molar-refractivity contribution in [1.82, 2.24) is 10.2 Å². The van der Waals surface area contributed by atoms with Crippen LogP contribution in [0.1, 0.15) is 56.1 Å². The zero-order chi connectivity index (χ0) is 14.4. The first-order chi connectivity index (χ1) is 9.69. The van der Waals surface area contributed by atoms with Crippen molar-refractivity contribution in [2.45, 2.75) is 59.0 Å². The first kappa shape index (κ1) is 15.6. The summed E-state index contributed by atoms with van der Waals surface area (Å²) in [5.74, 6) is 3.09. The number of nitrogens with one attached hydrogen (secondary N) is 1. The van der Waals surface area contributed by atoms with Crippen LogP contribution in [0.3, 0.4) is 0 Å². The van der Waals surface area contributed by atoms with Gasteiger partial charge in [0.1, 0.15) is 11.5 Å². The molecule has 0 bridgehead atoms. The minimum absolute atomic E-state index is 0.842. The molecule has 0 amide bonds. The predicted octanol–water partition coefficient (Wildman–Crippen LogP) is 3.71. The summed E-state index contributed by atoms with van der Waals surface area (Å²) >= 11 is 0. The van der Waals surface area contributed by atoms with Gasteiger partial charge in [-0.2, -0.15) is 0 Å². The number of rotatable bonds is 7. The number of nitrogens with zero attached hydrogens (tertiary/aromatic N) is 1. The number of hydrogen-bond acceptors (Lipinski definition) is 3. The van der Waals surface area contributed by atoms with E-state index in [9.17, 15) is 0 Å². The number of furan rings is 1. The van der Waals surface area contributed by atoms with Crippen molar-refractivity contribution >= 4 is 0 Å². The Kier molecular flexibility index (Phi) is 6.11. The molecule has 1 aliphatic rings. The molecule has 114 valence electrons. The third-order valence-corrected chi connectivity index (χ3v) is 4.33. The molecule has 1 aromatic rings. The molecular weight excluding hydrogens is 248 g/mol. The Labute approximate surface area is 123 Å². The van der Waals surface area contributed by atoms with Crippen molar-refractivity contribution in [3.05, 3.63) is 23.2 Å². The molecule has 0 unspecified atom stereocenters. The van der Waals surface area contributed by atoms with Gasteiger partial charge in [0.25, 0.3) is 0 Å². The van der Waals surface area contributed by atoms with Gasteiger partial charge >= 0.3 is 0 Å². The fourth-order valence-corrected chi connectivity index (χ4v) is 3.22. The van der Waals surface area contributed by atoms with Crippen molar-refractivity contribution in [3.63, 3.8) is 0 Å². The van der Waals surface area contributed by atoms with Crippen LogP contribution in [0.5, 0.6) is 0 Å². The molecule has 1 heterocycles. The van der Waals surface area contributed by atoms with Gasteiger partial charge in [0.05, 0.1) is 13.1 Å². The molecule has 0 aromatic carbocycles. The summed E-state index contributed by atoms with van der Waals surface area (Å²) in [5, 5.41) is 3.33. The average Bonchev–Trinajstić information content (AvgIpc) is 2.77. The molecule has 0 aliphatic heterocycles. The van der Waals surface area contributed by atoms with E-state index >= 15 is 0 Å². The van der Waals surface area contributed by atoms with Crippen molar-refractivity contribution in [3.8, 4) is 0 Å². The lowest BCUT2D eigenvalue weighted by molar-refractivity contribution is 0.214. The monoisotopic (exact) mass is 278 g/mol. The molecule has 20 heavy (non-hydrogen) atoms. The fourth-order valence-electron chi connectivity index (χ4n) is 3.22. The lowest BCUT2D eigenvalue weighted by Gasteiger charge is -2.26. The van der Waals surface area contributed by atoms with E-state index in [1.807, 2.05) is 0 Å². The van der Waals surface area contributed by atoms with E-state index < -0.39 is 0 Å². The zero-order valence-electron chi connectivity index (χ0n) is 13.4. The topological polar surface area (TPSA) is 28.4 Å². The van der Waals surface area contributed by atoms with Crippen molar-refractivity contribution in [2.75, 3.05) is 20.1 Å². The van der Waals surface area contributed by atoms with Crippen LogP contribution in [0.15, 0.2) is 10.5 Å². The summed E-state index contributed by atoms with van der Waals surface area (Å²) in [6, 6.07) is 2.20. The largest absolute Gasteiger partial charge is 0.463 e. The number of hydrogen-bond donors (Lipinski definition) is 1. The Balaban J connectivity index is 1.82. The van der Waals surface area contributed by atoms with Crippen molar-refractivity contribution in [2.24, 2.45) is 5.92 Å². The van der Waals surface area contributed by atoms with Gasteiger partial charge in [0.2, 0.25) is 0 Å². The van der Waals surface area contributed by atoms with Crippen LogP contribution in [0.4, 0.5) is 0 Å². The molecule has 1 aromatic heterocycles. The minimum atomic E-state index is 0.842. The van der Waals surface area contributed by atoms with Gasteiger partial charge in [-0.25, -0.2) is 0 Å². The molecule has 1 N–H and O–H groups in total. The molecule has 1 fully saturated rings. The van der Waals surface area contributed by atoms with E-state index in [0.29, 0.717) is 0 Å². The van der Waals surface area contributed by atoms with Crippen LogP contribution in [0, 0.1) is 12.8 Å². The molecule has 3 heteroatoms. The second-order valence-electron chi connectivity index (χ2n) is 6.30. The van der Waals surface area contributed by atoms with Gasteiger partial charge in [0, 0.05) is 6.54 Å². The Hall–Kier alpha value is -0.800. The van der Waals surface area contributed by atoms with Crippen LogP contribution in [-0.4, -0.2) is 25.0 Å². The van der Waals surface area contributed by atoms with Crippen LogP contribution in [0.25, 0.3) is 0 Å². The smallest absolute Gasteiger partial charge is 0.120 e. The predicted molar refractivity (Wildman–Crippen MR) is 83.7 cm³/mol. The number of aryl methyl sites for hydroxylation is 1. The summed E-state index contributed by atoms with van der Waals surface area (Å²) in [6.07, 6.45) is 7.10. The van der Waals surface area contributed by atoms with Crippen molar-refractivity contribution in [1.29, 1.82) is 0 Å². The highest BCUT2D eigenvalue weighted by Crippen LogP contribution is 2.25. The maximum absolute atomic E-state index is 5.97. The van der Waals surface area contributed by atoms with E-state index in [0.717, 1.165) is 37.1 Å². The van der Waals surface area contributed by atoms with E-state index in [1.54, 1.807) is 0 Å². The first-order valence-corrected chi connectivity index (χ1v) is 8.16. The van der Waals surface area contributed by atoms with Crippen LogP contribution in [0.2, 0.25) is 0 Å². The SMILES string of the molecule is CCNCc1oc(CN(C)CC2CCCCC2)cc1C. The molecular formula is C17H30N2O. The third kappa shape index (κ3) is 4.64. The maximum Gasteiger partial charge on any atom is 0.120 e. The molecule has 3 nitrogen and oxygen atoms in total. The van der Waals surface area contributed by atoms with Crippen molar-refractivity contribution < 1.29 is 4.42 Å². The summed E-state index contributed by atoms with van der Waals surface area (Å²) < 4.78 is 5.97. The lowest BCUT2D eigenvalue weighted by atomic mass is 9.89. The van der Waals surface area contributed by atoms with Gasteiger partial charge < -0.3 is 9.73 Å². The summed E-state index contributed by atoms with van der Waals surface area (Å²) in [5.41, 5.74) is 1.27. The maximum atomic E-state index is 5.97. The van der Waals surface area contributed by atoms with E-state index in [2.05, 4.69) is 37.2 Å². The van der Waals surface area contributed by atoms with E-state index in [1.165, 1.54) is 44.2 Å². The molecule has 1 aliphatic carbocycles. The molecule has 0 saturated heterocycles. The summed E-state index contributed by atoms with van der Waals surface area (Å²) in [6.45, 7) is 8.23. The second-order valence-corrected chi connectivity index (χ2v) is 6.30. The summed E-state index contributed by atoms with van der Waals surface area (Å²) in [4.78, 5) is 2.42. The van der Waals surface area contributed by atoms with Crippen LogP contribution in [-0.2, 0) is 13.1 Å². The van der Waals surface area contributed by atoms with Crippen LogP contribution >= 0.6 is 0 Å². The molecule has 0 radical (unpaired) electrons. The van der Waals surface area contributed by atoms with Gasteiger partial charge in [-0.05, 0) is 50.9 Å². The van der Waals surface area contributed by atoms with Crippen LogP contribution < -0.4 is 5.32 Å². The summed E-state index contributed by atoms with van der Waals surface area (Å²) in [7, 11) is 2.22. The first-order valence-electron chi connectivity index (χ1n) is 8.16. The van der Waals surface area contributed by atoms with Gasteiger partial charge in [-0.15, -0.1) is 0 Å². The molecule has 0 spiro atoms. The Morgan fingerprint density at radius 2 is 2.05 bits per heavy atom. The Morgan fingerprint density at radius 1 is 1.30 bits per heavy atom. The lowest BCUT2D eigenvalue weighted by Crippen LogP contribution is -2.26. The van der Waals surface area contributed by atoms with Gasteiger partial charge in [0.15, 0.2) is 0 Å². The molecule has 0 atom stereocenters. The highest BCUT2D eigenvalue weighted by molar-refractivity contribution is 5.20. The highest BCUT2D eigenvalue weighted by atomic mass is 16.3. The normalized spacial score (nSPS) is 17.0. The zero-order valence-corrected chi connectivity index (χ0v) is 13.4. The van der Waals surface area contributed by atoms with Gasteiger partial charge in [-0.3, -0.25) is 4.90 Å². The average molecular weight is 278 g/mol. The quantitative estimate of drug-likeness (QED) is 0.824. The highest BCUT2D eigenvalue weighted by Gasteiger charge is 2.16. The van der Waals surface area contributed by atoms with Gasteiger partial charge in [-0.1, -0.05) is 26.2 Å². The Bertz CT molecular complexity index is 394. The Morgan fingerprint density at radius 3 is 2.75 bits per heavy atom. The third-order valence-electron chi connectivity index (χ3n) is 4.33. The second kappa shape index (κ2) is 7.84.